The molecule has 6 heteroatoms. The maximum absolute atomic E-state index is 12.1. The standard InChI is InChI=1S/C12H25N3O3/c1-9(2)7-15(8-11(14)16)12(17)10(13)5-4-6-18-3/h9-10H,4-8,13H2,1-3H3,(H2,14,16). The van der Waals surface area contributed by atoms with E-state index in [9.17, 15) is 9.59 Å². The number of hydrogen-bond acceptors (Lipinski definition) is 4. The van der Waals surface area contributed by atoms with Gasteiger partial charge < -0.3 is 21.1 Å². The van der Waals surface area contributed by atoms with Crippen molar-refractivity contribution in [2.75, 3.05) is 26.8 Å². The number of primary amides is 1. The Kier molecular flexibility index (Phi) is 8.32. The minimum atomic E-state index is -0.599. The normalized spacial score (nSPS) is 12.5. The molecule has 0 bridgehead atoms. The molecule has 1 atom stereocenters. The Morgan fingerprint density at radius 2 is 1.94 bits per heavy atom. The van der Waals surface area contributed by atoms with E-state index in [1.54, 1.807) is 7.11 Å². The molecular weight excluding hydrogens is 234 g/mol. The Labute approximate surface area is 109 Å². The summed E-state index contributed by atoms with van der Waals surface area (Å²) >= 11 is 0. The Hall–Kier alpha value is -1.14. The molecule has 0 aromatic heterocycles. The number of amides is 2. The van der Waals surface area contributed by atoms with Crippen molar-refractivity contribution in [1.29, 1.82) is 0 Å². The number of carbonyl (C=O) groups is 2. The largest absolute Gasteiger partial charge is 0.385 e. The van der Waals surface area contributed by atoms with Crippen LogP contribution in [-0.4, -0.2) is 49.6 Å². The van der Waals surface area contributed by atoms with Crippen LogP contribution in [0.4, 0.5) is 0 Å². The second kappa shape index (κ2) is 8.88. The molecule has 0 saturated carbocycles. The quantitative estimate of drug-likeness (QED) is 0.556. The van der Waals surface area contributed by atoms with Crippen LogP contribution in [0.1, 0.15) is 26.7 Å². The fourth-order valence-electron chi connectivity index (χ4n) is 1.67. The van der Waals surface area contributed by atoms with Crippen molar-refractivity contribution in [2.24, 2.45) is 17.4 Å². The molecule has 0 rings (SSSR count). The van der Waals surface area contributed by atoms with E-state index in [0.29, 0.717) is 19.6 Å². The summed E-state index contributed by atoms with van der Waals surface area (Å²) in [6, 6.07) is -0.599. The zero-order chi connectivity index (χ0) is 14.1. The predicted molar refractivity (Wildman–Crippen MR) is 69.7 cm³/mol. The topological polar surface area (TPSA) is 98.7 Å². The van der Waals surface area contributed by atoms with Gasteiger partial charge in [0.15, 0.2) is 0 Å². The molecule has 0 saturated heterocycles. The van der Waals surface area contributed by atoms with Gasteiger partial charge in [-0.3, -0.25) is 9.59 Å². The first-order chi connectivity index (χ1) is 8.38. The number of ether oxygens (including phenoxy) is 1. The summed E-state index contributed by atoms with van der Waals surface area (Å²) in [5.41, 5.74) is 10.9. The third kappa shape index (κ3) is 7.24. The Morgan fingerprint density at radius 3 is 2.39 bits per heavy atom. The molecule has 18 heavy (non-hydrogen) atoms. The zero-order valence-electron chi connectivity index (χ0n) is 11.5. The van der Waals surface area contributed by atoms with Gasteiger partial charge in [0, 0.05) is 20.3 Å². The molecule has 106 valence electrons. The van der Waals surface area contributed by atoms with Gasteiger partial charge in [-0.2, -0.15) is 0 Å². The molecule has 0 aliphatic heterocycles. The van der Waals surface area contributed by atoms with Crippen molar-refractivity contribution < 1.29 is 14.3 Å². The number of nitrogens with zero attached hydrogens (tertiary/aromatic N) is 1. The van der Waals surface area contributed by atoms with E-state index in [1.165, 1.54) is 4.90 Å². The highest BCUT2D eigenvalue weighted by Gasteiger charge is 2.22. The lowest BCUT2D eigenvalue weighted by atomic mass is 10.1. The monoisotopic (exact) mass is 259 g/mol. The molecule has 0 fully saturated rings. The van der Waals surface area contributed by atoms with Gasteiger partial charge in [-0.1, -0.05) is 13.8 Å². The number of rotatable bonds is 9. The van der Waals surface area contributed by atoms with Gasteiger partial charge in [-0.25, -0.2) is 0 Å². The number of carbonyl (C=O) groups excluding carboxylic acids is 2. The summed E-state index contributed by atoms with van der Waals surface area (Å²) in [5.74, 6) is -0.480. The molecule has 4 N–H and O–H groups in total. The molecule has 0 heterocycles. The minimum absolute atomic E-state index is 0.0744. The maximum atomic E-state index is 12.1. The first-order valence-corrected chi connectivity index (χ1v) is 6.20. The highest BCUT2D eigenvalue weighted by molar-refractivity contribution is 5.86. The fraction of sp³-hybridized carbons (Fsp3) is 0.833. The molecule has 0 aliphatic carbocycles. The molecule has 1 unspecified atom stereocenters. The SMILES string of the molecule is COCCCC(N)C(=O)N(CC(N)=O)CC(C)C. The summed E-state index contributed by atoms with van der Waals surface area (Å²) in [4.78, 5) is 24.4. The van der Waals surface area contributed by atoms with Crippen molar-refractivity contribution in [3.63, 3.8) is 0 Å². The maximum Gasteiger partial charge on any atom is 0.239 e. The number of methoxy groups -OCH3 is 1. The third-order valence-corrected chi connectivity index (χ3v) is 2.42. The van der Waals surface area contributed by atoms with Crippen LogP contribution in [0, 0.1) is 5.92 Å². The molecule has 6 nitrogen and oxygen atoms in total. The van der Waals surface area contributed by atoms with E-state index in [1.807, 2.05) is 13.8 Å². The zero-order valence-corrected chi connectivity index (χ0v) is 11.5. The Bertz CT molecular complexity index is 269. The third-order valence-electron chi connectivity index (χ3n) is 2.42. The van der Waals surface area contributed by atoms with Crippen LogP contribution >= 0.6 is 0 Å². The van der Waals surface area contributed by atoms with Gasteiger partial charge in [0.1, 0.15) is 0 Å². The average Bonchev–Trinajstić information content (AvgIpc) is 2.26. The van der Waals surface area contributed by atoms with E-state index in [0.717, 1.165) is 6.42 Å². The van der Waals surface area contributed by atoms with Crippen molar-refractivity contribution in [1.82, 2.24) is 4.90 Å². The summed E-state index contributed by atoms with van der Waals surface area (Å²) in [7, 11) is 1.60. The van der Waals surface area contributed by atoms with Gasteiger partial charge in [-0.15, -0.1) is 0 Å². The molecule has 0 aromatic rings. The Balaban J connectivity index is 4.38. The van der Waals surface area contributed by atoms with Crippen LogP contribution in [0.5, 0.6) is 0 Å². The molecule has 0 aliphatic rings. The number of hydrogen-bond donors (Lipinski definition) is 2. The lowest BCUT2D eigenvalue weighted by Crippen LogP contribution is -2.48. The van der Waals surface area contributed by atoms with Crippen molar-refractivity contribution in [3.05, 3.63) is 0 Å². The lowest BCUT2D eigenvalue weighted by molar-refractivity contribution is -0.137. The smallest absolute Gasteiger partial charge is 0.239 e. The second-order valence-electron chi connectivity index (χ2n) is 4.82. The average molecular weight is 259 g/mol. The van der Waals surface area contributed by atoms with Crippen LogP contribution in [0.3, 0.4) is 0 Å². The molecule has 0 radical (unpaired) electrons. The fourth-order valence-corrected chi connectivity index (χ4v) is 1.67. The van der Waals surface area contributed by atoms with E-state index in [-0.39, 0.29) is 18.4 Å². The van der Waals surface area contributed by atoms with Gasteiger partial charge in [0.25, 0.3) is 0 Å². The Morgan fingerprint density at radius 1 is 1.33 bits per heavy atom. The van der Waals surface area contributed by atoms with Gasteiger partial charge in [-0.05, 0) is 18.8 Å². The van der Waals surface area contributed by atoms with E-state index in [2.05, 4.69) is 0 Å². The van der Waals surface area contributed by atoms with E-state index in [4.69, 9.17) is 16.2 Å². The predicted octanol–water partition coefficient (Wildman–Crippen LogP) is -0.290. The highest BCUT2D eigenvalue weighted by atomic mass is 16.5. The van der Waals surface area contributed by atoms with Gasteiger partial charge in [0.05, 0.1) is 12.6 Å². The summed E-state index contributed by atoms with van der Waals surface area (Å²) < 4.78 is 4.91. The van der Waals surface area contributed by atoms with Crippen molar-refractivity contribution >= 4 is 11.8 Å². The summed E-state index contributed by atoms with van der Waals surface area (Å²) in [6.45, 7) is 4.92. The van der Waals surface area contributed by atoms with Gasteiger partial charge in [0.2, 0.25) is 11.8 Å². The van der Waals surface area contributed by atoms with E-state index >= 15 is 0 Å². The van der Waals surface area contributed by atoms with Crippen LogP contribution in [0.25, 0.3) is 0 Å². The molecular formula is C12H25N3O3. The van der Waals surface area contributed by atoms with Crippen LogP contribution in [-0.2, 0) is 14.3 Å². The highest BCUT2D eigenvalue weighted by Crippen LogP contribution is 2.04. The summed E-state index contributed by atoms with van der Waals surface area (Å²) in [5, 5.41) is 0. The lowest BCUT2D eigenvalue weighted by Gasteiger charge is -2.26. The first-order valence-electron chi connectivity index (χ1n) is 6.20. The number of nitrogens with two attached hydrogens (primary N) is 2. The van der Waals surface area contributed by atoms with Gasteiger partial charge >= 0.3 is 0 Å². The molecule has 0 aromatic carbocycles. The first kappa shape index (κ1) is 16.9. The van der Waals surface area contributed by atoms with Crippen LogP contribution in [0.15, 0.2) is 0 Å². The molecule has 0 spiro atoms. The summed E-state index contributed by atoms with van der Waals surface area (Å²) in [6.07, 6.45) is 1.26. The van der Waals surface area contributed by atoms with Crippen LogP contribution in [0.2, 0.25) is 0 Å². The van der Waals surface area contributed by atoms with Crippen LogP contribution < -0.4 is 11.5 Å². The van der Waals surface area contributed by atoms with Crippen molar-refractivity contribution in [3.8, 4) is 0 Å². The minimum Gasteiger partial charge on any atom is -0.385 e. The van der Waals surface area contributed by atoms with Crippen molar-refractivity contribution in [2.45, 2.75) is 32.7 Å². The molecule has 2 amide bonds. The second-order valence-corrected chi connectivity index (χ2v) is 4.82. The van der Waals surface area contributed by atoms with E-state index < -0.39 is 11.9 Å².